The van der Waals surface area contributed by atoms with Crippen LogP contribution in [0.4, 0.5) is 24.5 Å². The molecule has 1 amide bonds. The third kappa shape index (κ3) is 5.51. The first-order valence-electron chi connectivity index (χ1n) is 10.3. The summed E-state index contributed by atoms with van der Waals surface area (Å²) < 4.78 is 38.7. The third-order valence-corrected chi connectivity index (χ3v) is 6.46. The van der Waals surface area contributed by atoms with E-state index in [0.29, 0.717) is 37.0 Å². The molecule has 1 aliphatic rings. The Morgan fingerprint density at radius 3 is 2.50 bits per heavy atom. The molecule has 1 atom stereocenters. The van der Waals surface area contributed by atoms with E-state index in [1.807, 2.05) is 6.07 Å². The van der Waals surface area contributed by atoms with Crippen molar-refractivity contribution < 1.29 is 18.0 Å². The topological polar surface area (TPSA) is 53.2 Å². The molecule has 0 aromatic heterocycles. The Morgan fingerprint density at radius 1 is 1.00 bits per heavy atom. The monoisotopic (exact) mass is 571 g/mol. The van der Waals surface area contributed by atoms with Crippen LogP contribution in [0.25, 0.3) is 0 Å². The Kier molecular flexibility index (Phi) is 7.14. The minimum Gasteiger partial charge on any atom is -0.367 e. The number of alkyl halides is 3. The van der Waals surface area contributed by atoms with E-state index >= 15 is 0 Å². The number of rotatable bonds is 7. The standard InChI is InChI=1S/C24H19BrCl2F3N3O/c25-16-5-4-15(12-31-13-24(28,29)30)20(9-16)33-23(11-14-2-1-3-17(26)8-14)19-7-6-18(27)10-21(19)32-22(23)34/h1-10,31,33H,11-13H2,(H,32,34). The molecule has 4 nitrogen and oxygen atoms in total. The van der Waals surface area contributed by atoms with Gasteiger partial charge < -0.3 is 16.0 Å². The van der Waals surface area contributed by atoms with Crippen molar-refractivity contribution in [2.24, 2.45) is 0 Å². The molecular weight excluding hydrogens is 554 g/mol. The second-order valence-electron chi connectivity index (χ2n) is 8.00. The van der Waals surface area contributed by atoms with Crippen LogP contribution in [0, 0.1) is 0 Å². The molecule has 0 saturated carbocycles. The van der Waals surface area contributed by atoms with Crippen molar-refractivity contribution in [3.8, 4) is 0 Å². The van der Waals surface area contributed by atoms with Gasteiger partial charge in [0, 0.05) is 44.4 Å². The highest BCUT2D eigenvalue weighted by molar-refractivity contribution is 9.10. The summed E-state index contributed by atoms with van der Waals surface area (Å²) in [5.41, 5.74) is 1.90. The van der Waals surface area contributed by atoms with Gasteiger partial charge >= 0.3 is 6.18 Å². The molecule has 0 fully saturated rings. The number of hydrogen-bond donors (Lipinski definition) is 3. The maximum absolute atomic E-state index is 13.5. The van der Waals surface area contributed by atoms with Crippen LogP contribution in [-0.4, -0.2) is 18.6 Å². The van der Waals surface area contributed by atoms with Crippen molar-refractivity contribution in [3.63, 3.8) is 0 Å². The van der Waals surface area contributed by atoms with Crippen LogP contribution < -0.4 is 16.0 Å². The first-order valence-corrected chi connectivity index (χ1v) is 11.8. The van der Waals surface area contributed by atoms with E-state index in [1.54, 1.807) is 54.6 Å². The molecule has 3 aromatic carbocycles. The second-order valence-corrected chi connectivity index (χ2v) is 9.79. The van der Waals surface area contributed by atoms with Crippen LogP contribution in [-0.2, 0) is 23.3 Å². The van der Waals surface area contributed by atoms with Gasteiger partial charge in [-0.3, -0.25) is 4.79 Å². The predicted octanol–water partition coefficient (Wildman–Crippen LogP) is 6.91. The van der Waals surface area contributed by atoms with Crippen LogP contribution in [0.2, 0.25) is 10.0 Å². The molecule has 1 aliphatic heterocycles. The predicted molar refractivity (Wildman–Crippen MR) is 132 cm³/mol. The van der Waals surface area contributed by atoms with Crippen molar-refractivity contribution in [2.45, 2.75) is 24.7 Å². The molecule has 0 saturated heterocycles. The zero-order valence-electron chi connectivity index (χ0n) is 17.6. The smallest absolute Gasteiger partial charge is 0.367 e. The highest BCUT2D eigenvalue weighted by Crippen LogP contribution is 2.43. The van der Waals surface area contributed by atoms with Crippen molar-refractivity contribution in [2.75, 3.05) is 17.2 Å². The van der Waals surface area contributed by atoms with Gasteiger partial charge in [0.15, 0.2) is 0 Å². The molecule has 4 rings (SSSR count). The number of amides is 1. The third-order valence-electron chi connectivity index (χ3n) is 5.50. The molecule has 1 unspecified atom stereocenters. The van der Waals surface area contributed by atoms with Gasteiger partial charge in [0.05, 0.1) is 6.54 Å². The van der Waals surface area contributed by atoms with Crippen LogP contribution in [0.15, 0.2) is 65.1 Å². The molecule has 0 bridgehead atoms. The van der Waals surface area contributed by atoms with E-state index in [-0.39, 0.29) is 18.9 Å². The lowest BCUT2D eigenvalue weighted by molar-refractivity contribution is -0.125. The molecule has 0 aliphatic carbocycles. The van der Waals surface area contributed by atoms with Crippen molar-refractivity contribution in [1.29, 1.82) is 0 Å². The van der Waals surface area contributed by atoms with E-state index in [4.69, 9.17) is 23.2 Å². The first kappa shape index (κ1) is 24.9. The van der Waals surface area contributed by atoms with Crippen LogP contribution in [0.5, 0.6) is 0 Å². The van der Waals surface area contributed by atoms with E-state index < -0.39 is 18.3 Å². The van der Waals surface area contributed by atoms with Crippen LogP contribution in [0.3, 0.4) is 0 Å². The summed E-state index contributed by atoms with van der Waals surface area (Å²) in [6.45, 7) is -1.17. The van der Waals surface area contributed by atoms with Gasteiger partial charge in [-0.05, 0) is 47.5 Å². The Bertz CT molecular complexity index is 1240. The highest BCUT2D eigenvalue weighted by atomic mass is 79.9. The van der Waals surface area contributed by atoms with E-state index in [0.717, 1.165) is 5.56 Å². The molecule has 178 valence electrons. The number of carbonyl (C=O) groups excluding carboxylic acids is 1. The van der Waals surface area contributed by atoms with Gasteiger partial charge in [-0.25, -0.2) is 0 Å². The average molecular weight is 573 g/mol. The SMILES string of the molecule is O=C1Nc2cc(Cl)ccc2C1(Cc1cccc(Cl)c1)Nc1cc(Br)ccc1CNCC(F)(F)F. The molecule has 10 heteroatoms. The van der Waals surface area contributed by atoms with Crippen molar-refractivity contribution in [3.05, 3.63) is 91.9 Å². The largest absolute Gasteiger partial charge is 0.401 e. The minimum atomic E-state index is -4.33. The average Bonchev–Trinajstić information content (AvgIpc) is 2.99. The molecule has 1 heterocycles. The Hall–Kier alpha value is -2.26. The lowest BCUT2D eigenvalue weighted by atomic mass is 9.84. The lowest BCUT2D eigenvalue weighted by Crippen LogP contribution is -2.44. The summed E-state index contributed by atoms with van der Waals surface area (Å²) in [7, 11) is 0. The summed E-state index contributed by atoms with van der Waals surface area (Å²) >= 11 is 15.8. The Balaban J connectivity index is 1.76. The Labute approximate surface area is 213 Å². The van der Waals surface area contributed by atoms with Crippen LogP contribution in [0.1, 0.15) is 16.7 Å². The number of carbonyl (C=O) groups is 1. The number of fused-ring (bicyclic) bond motifs is 1. The summed E-state index contributed by atoms with van der Waals surface area (Å²) in [4.78, 5) is 13.5. The summed E-state index contributed by atoms with van der Waals surface area (Å²) in [6, 6.07) is 17.5. The fourth-order valence-corrected chi connectivity index (χ4v) is 4.77. The number of hydrogen-bond acceptors (Lipinski definition) is 3. The van der Waals surface area contributed by atoms with Crippen molar-refractivity contribution in [1.82, 2.24) is 5.32 Å². The number of anilines is 2. The maximum Gasteiger partial charge on any atom is 0.401 e. The lowest BCUT2D eigenvalue weighted by Gasteiger charge is -2.31. The van der Waals surface area contributed by atoms with E-state index in [2.05, 4.69) is 31.9 Å². The van der Waals surface area contributed by atoms with Gasteiger partial charge in [0.2, 0.25) is 0 Å². The van der Waals surface area contributed by atoms with Gasteiger partial charge in [-0.1, -0.05) is 63.4 Å². The number of halogens is 6. The molecule has 0 radical (unpaired) electrons. The first-order chi connectivity index (χ1) is 16.1. The highest BCUT2D eigenvalue weighted by Gasteiger charge is 2.47. The zero-order chi connectivity index (χ0) is 24.5. The van der Waals surface area contributed by atoms with E-state index in [1.165, 1.54) is 0 Å². The second kappa shape index (κ2) is 9.77. The van der Waals surface area contributed by atoms with Gasteiger partial charge in [-0.2, -0.15) is 13.2 Å². The molecule has 3 aromatic rings. The normalized spacial score (nSPS) is 17.4. The summed E-state index contributed by atoms with van der Waals surface area (Å²) in [6.07, 6.45) is -4.09. The minimum absolute atomic E-state index is 0.0442. The summed E-state index contributed by atoms with van der Waals surface area (Å²) in [5, 5.41) is 9.66. The number of benzene rings is 3. The molecule has 0 spiro atoms. The van der Waals surface area contributed by atoms with E-state index in [9.17, 15) is 18.0 Å². The number of nitrogens with one attached hydrogen (secondary N) is 3. The van der Waals surface area contributed by atoms with Crippen LogP contribution >= 0.6 is 39.1 Å². The fourth-order valence-electron chi connectivity index (χ4n) is 4.03. The Morgan fingerprint density at radius 2 is 1.76 bits per heavy atom. The quantitative estimate of drug-likeness (QED) is 0.288. The van der Waals surface area contributed by atoms with Gasteiger partial charge in [0.25, 0.3) is 5.91 Å². The summed E-state index contributed by atoms with van der Waals surface area (Å²) in [5.74, 6) is -0.307. The van der Waals surface area contributed by atoms with Crippen molar-refractivity contribution >= 4 is 56.4 Å². The molecule has 3 N–H and O–H groups in total. The molecule has 34 heavy (non-hydrogen) atoms. The maximum atomic E-state index is 13.5. The molecular formula is C24H19BrCl2F3N3O. The van der Waals surface area contributed by atoms with Gasteiger partial charge in [-0.15, -0.1) is 0 Å². The fraction of sp³-hybridized carbons (Fsp3) is 0.208. The van der Waals surface area contributed by atoms with Gasteiger partial charge in [0.1, 0.15) is 5.54 Å². The zero-order valence-corrected chi connectivity index (χ0v) is 20.7.